The van der Waals surface area contributed by atoms with Crippen LogP contribution in [0.15, 0.2) is 0 Å². The molecule has 0 spiro atoms. The Bertz CT molecular complexity index is 320. The molecule has 5 atom stereocenters. The highest BCUT2D eigenvalue weighted by Gasteiger charge is 2.43. The number of alkyl halides is 1. The summed E-state index contributed by atoms with van der Waals surface area (Å²) in [5, 5.41) is 0. The van der Waals surface area contributed by atoms with Crippen molar-refractivity contribution in [2.45, 2.75) is 45.5 Å². The van der Waals surface area contributed by atoms with Gasteiger partial charge in [-0.2, -0.15) is 0 Å². The number of rotatable bonds is 3. The molecule has 1 saturated heterocycles. The standard InChI is InChI=1S/C12H19ClO5/c1-6-7(2)12(13)18-10(5-16-8(3)14)11(6)17-9(4)15/h6-7,10-12H,5H2,1-4H3. The molecule has 6 heteroatoms. The van der Waals surface area contributed by atoms with Crippen LogP contribution in [0.2, 0.25) is 0 Å². The van der Waals surface area contributed by atoms with Crippen LogP contribution in [0.4, 0.5) is 0 Å². The van der Waals surface area contributed by atoms with Gasteiger partial charge in [-0.1, -0.05) is 25.4 Å². The summed E-state index contributed by atoms with van der Waals surface area (Å²) in [4.78, 5) is 21.9. The maximum Gasteiger partial charge on any atom is 0.303 e. The number of carbonyl (C=O) groups is 2. The fourth-order valence-electron chi connectivity index (χ4n) is 1.95. The molecule has 0 amide bonds. The van der Waals surface area contributed by atoms with E-state index in [0.29, 0.717) is 0 Å². The average Bonchev–Trinajstić information content (AvgIpc) is 2.27. The Balaban J connectivity index is 2.75. The van der Waals surface area contributed by atoms with E-state index >= 15 is 0 Å². The molecule has 1 fully saturated rings. The van der Waals surface area contributed by atoms with Gasteiger partial charge < -0.3 is 14.2 Å². The molecule has 1 heterocycles. The first kappa shape index (κ1) is 15.2. The van der Waals surface area contributed by atoms with E-state index in [9.17, 15) is 9.59 Å². The highest BCUT2D eigenvalue weighted by molar-refractivity contribution is 6.19. The van der Waals surface area contributed by atoms with Crippen molar-refractivity contribution >= 4 is 23.5 Å². The van der Waals surface area contributed by atoms with E-state index in [1.807, 2.05) is 13.8 Å². The van der Waals surface area contributed by atoms with Crippen LogP contribution in [0.1, 0.15) is 27.7 Å². The molecule has 5 nitrogen and oxygen atoms in total. The lowest BCUT2D eigenvalue weighted by molar-refractivity contribution is -0.192. The van der Waals surface area contributed by atoms with E-state index in [1.165, 1.54) is 13.8 Å². The van der Waals surface area contributed by atoms with Gasteiger partial charge in [-0.3, -0.25) is 9.59 Å². The summed E-state index contributed by atoms with van der Waals surface area (Å²) in [5.74, 6) is -0.712. The Morgan fingerprint density at radius 2 is 1.78 bits per heavy atom. The van der Waals surface area contributed by atoms with Gasteiger partial charge in [0.1, 0.15) is 24.4 Å². The lowest BCUT2D eigenvalue weighted by Gasteiger charge is -2.41. The molecule has 1 rings (SSSR count). The number of hydrogen-bond acceptors (Lipinski definition) is 5. The van der Waals surface area contributed by atoms with E-state index in [4.69, 9.17) is 25.8 Å². The van der Waals surface area contributed by atoms with Crippen molar-refractivity contribution in [2.24, 2.45) is 11.8 Å². The van der Waals surface area contributed by atoms with Gasteiger partial charge >= 0.3 is 11.9 Å². The lowest BCUT2D eigenvalue weighted by Crippen LogP contribution is -2.51. The Labute approximate surface area is 112 Å². The van der Waals surface area contributed by atoms with Gasteiger partial charge in [-0.05, 0) is 0 Å². The van der Waals surface area contributed by atoms with Crippen molar-refractivity contribution in [2.75, 3.05) is 6.61 Å². The number of carbonyl (C=O) groups excluding carboxylic acids is 2. The number of ether oxygens (including phenoxy) is 3. The summed E-state index contributed by atoms with van der Waals surface area (Å²) < 4.78 is 15.7. The molecule has 0 aromatic carbocycles. The van der Waals surface area contributed by atoms with Crippen molar-refractivity contribution in [3.63, 3.8) is 0 Å². The van der Waals surface area contributed by atoms with Crippen molar-refractivity contribution in [3.05, 3.63) is 0 Å². The molecule has 0 aromatic rings. The molecule has 1 aliphatic rings. The average molecular weight is 279 g/mol. The molecule has 0 aliphatic carbocycles. The van der Waals surface area contributed by atoms with Crippen LogP contribution in [-0.2, 0) is 23.8 Å². The molecule has 0 bridgehead atoms. The first-order chi connectivity index (χ1) is 8.32. The van der Waals surface area contributed by atoms with Crippen LogP contribution in [0.3, 0.4) is 0 Å². The van der Waals surface area contributed by atoms with Crippen molar-refractivity contribution < 1.29 is 23.8 Å². The third kappa shape index (κ3) is 3.85. The molecule has 1 aliphatic heterocycles. The van der Waals surface area contributed by atoms with E-state index in [2.05, 4.69) is 0 Å². The zero-order valence-electron chi connectivity index (χ0n) is 11.0. The molecule has 18 heavy (non-hydrogen) atoms. The molecule has 0 radical (unpaired) electrons. The fourth-order valence-corrected chi connectivity index (χ4v) is 2.31. The third-order valence-corrected chi connectivity index (χ3v) is 3.69. The lowest BCUT2D eigenvalue weighted by atomic mass is 9.85. The topological polar surface area (TPSA) is 61.8 Å². The van der Waals surface area contributed by atoms with Crippen LogP contribution in [-0.4, -0.2) is 36.3 Å². The van der Waals surface area contributed by atoms with Gasteiger partial charge in [-0.25, -0.2) is 0 Å². The molecular formula is C12H19ClO5. The molecule has 5 unspecified atom stereocenters. The zero-order valence-corrected chi connectivity index (χ0v) is 11.8. The Morgan fingerprint density at radius 3 is 2.28 bits per heavy atom. The predicted octanol–water partition coefficient (Wildman–Crippen LogP) is 1.72. The summed E-state index contributed by atoms with van der Waals surface area (Å²) >= 11 is 6.07. The largest absolute Gasteiger partial charge is 0.463 e. The first-order valence-corrected chi connectivity index (χ1v) is 6.36. The maximum absolute atomic E-state index is 11.1. The molecule has 104 valence electrons. The minimum Gasteiger partial charge on any atom is -0.463 e. The van der Waals surface area contributed by atoms with E-state index in [0.717, 1.165) is 0 Å². The molecular weight excluding hydrogens is 260 g/mol. The van der Waals surface area contributed by atoms with Gasteiger partial charge in [0, 0.05) is 25.7 Å². The predicted molar refractivity (Wildman–Crippen MR) is 65.0 cm³/mol. The fraction of sp³-hybridized carbons (Fsp3) is 0.833. The highest BCUT2D eigenvalue weighted by atomic mass is 35.5. The van der Waals surface area contributed by atoms with Crippen LogP contribution in [0.5, 0.6) is 0 Å². The highest BCUT2D eigenvalue weighted by Crippen LogP contribution is 2.34. The van der Waals surface area contributed by atoms with Gasteiger partial charge in [0.25, 0.3) is 0 Å². The van der Waals surface area contributed by atoms with Crippen LogP contribution >= 0.6 is 11.6 Å². The van der Waals surface area contributed by atoms with Crippen molar-refractivity contribution in [3.8, 4) is 0 Å². The second kappa shape index (κ2) is 6.38. The Kier molecular flexibility index (Phi) is 5.41. The van der Waals surface area contributed by atoms with Gasteiger partial charge in [0.05, 0.1) is 0 Å². The zero-order chi connectivity index (χ0) is 13.9. The summed E-state index contributed by atoms with van der Waals surface area (Å²) in [7, 11) is 0. The normalized spacial score (nSPS) is 35.9. The third-order valence-electron chi connectivity index (χ3n) is 3.19. The van der Waals surface area contributed by atoms with Crippen LogP contribution in [0, 0.1) is 11.8 Å². The summed E-state index contributed by atoms with van der Waals surface area (Å²) in [5.41, 5.74) is -0.479. The van der Waals surface area contributed by atoms with E-state index in [1.54, 1.807) is 0 Å². The maximum atomic E-state index is 11.1. The summed E-state index contributed by atoms with van der Waals surface area (Å²) in [6.07, 6.45) is -0.974. The van der Waals surface area contributed by atoms with E-state index in [-0.39, 0.29) is 24.4 Å². The number of hydrogen-bond donors (Lipinski definition) is 0. The van der Waals surface area contributed by atoms with Crippen LogP contribution < -0.4 is 0 Å². The van der Waals surface area contributed by atoms with Crippen molar-refractivity contribution in [1.82, 2.24) is 0 Å². The monoisotopic (exact) mass is 278 g/mol. The first-order valence-electron chi connectivity index (χ1n) is 5.93. The minimum atomic E-state index is -0.522. The van der Waals surface area contributed by atoms with Gasteiger partial charge in [-0.15, -0.1) is 0 Å². The molecule has 0 saturated carbocycles. The smallest absolute Gasteiger partial charge is 0.303 e. The second-order valence-corrected chi connectivity index (χ2v) is 5.05. The second-order valence-electron chi connectivity index (χ2n) is 4.62. The number of esters is 2. The molecule has 0 aromatic heterocycles. The van der Waals surface area contributed by atoms with Crippen LogP contribution in [0.25, 0.3) is 0 Å². The van der Waals surface area contributed by atoms with Gasteiger partial charge in [0.15, 0.2) is 0 Å². The Morgan fingerprint density at radius 1 is 1.17 bits per heavy atom. The van der Waals surface area contributed by atoms with Gasteiger partial charge in [0.2, 0.25) is 0 Å². The van der Waals surface area contributed by atoms with Crippen molar-refractivity contribution in [1.29, 1.82) is 0 Å². The minimum absolute atomic E-state index is 0.0331. The van der Waals surface area contributed by atoms with E-state index < -0.39 is 23.7 Å². The summed E-state index contributed by atoms with van der Waals surface area (Å²) in [6.45, 7) is 6.56. The Hall–Kier alpha value is -0.810. The molecule has 0 N–H and O–H groups in total. The quantitative estimate of drug-likeness (QED) is 0.581. The SMILES string of the molecule is CC(=O)OCC1OC(Cl)C(C)C(C)C1OC(C)=O. The summed E-state index contributed by atoms with van der Waals surface area (Å²) in [6, 6.07) is 0. The number of halogens is 1.